The number of hydrogen-bond donors (Lipinski definition) is 2. The smallest absolute Gasteiger partial charge is 0.314 e. The molecule has 0 bridgehead atoms. The van der Waals surface area contributed by atoms with E-state index in [-0.39, 0.29) is 11.9 Å². The first-order chi connectivity index (χ1) is 8.99. The summed E-state index contributed by atoms with van der Waals surface area (Å²) < 4.78 is 5.12. The van der Waals surface area contributed by atoms with Gasteiger partial charge in [-0.2, -0.15) is 4.98 Å². The van der Waals surface area contributed by atoms with Gasteiger partial charge in [0.1, 0.15) is 0 Å². The second kappa shape index (κ2) is 7.76. The van der Waals surface area contributed by atoms with Crippen LogP contribution >= 0.6 is 0 Å². The van der Waals surface area contributed by atoms with E-state index in [1.165, 1.54) is 0 Å². The third-order valence-electron chi connectivity index (χ3n) is 2.52. The summed E-state index contributed by atoms with van der Waals surface area (Å²) in [7, 11) is 0. The summed E-state index contributed by atoms with van der Waals surface area (Å²) in [6.07, 6.45) is 1.47. The second-order valence-corrected chi connectivity index (χ2v) is 5.34. The zero-order valence-corrected chi connectivity index (χ0v) is 12.2. The highest BCUT2D eigenvalue weighted by Gasteiger charge is 2.09. The number of nitrogens with one attached hydrogen (secondary N) is 2. The highest BCUT2D eigenvalue weighted by molar-refractivity contribution is 5.73. The van der Waals surface area contributed by atoms with Gasteiger partial charge in [0.2, 0.25) is 5.89 Å². The van der Waals surface area contributed by atoms with Gasteiger partial charge in [-0.15, -0.1) is 0 Å². The van der Waals surface area contributed by atoms with Crippen molar-refractivity contribution in [2.24, 2.45) is 5.92 Å². The van der Waals surface area contributed by atoms with Gasteiger partial charge in [0.05, 0.1) is 0 Å². The van der Waals surface area contributed by atoms with Crippen molar-refractivity contribution < 1.29 is 9.32 Å². The lowest BCUT2D eigenvalue weighted by atomic mass is 10.2. The van der Waals surface area contributed by atoms with Crippen LogP contribution in [0.2, 0.25) is 0 Å². The fourth-order valence-electron chi connectivity index (χ4n) is 1.40. The average Bonchev–Trinajstić information content (AvgIpc) is 2.81. The molecule has 2 N–H and O–H groups in total. The molecule has 1 heterocycles. The van der Waals surface area contributed by atoms with E-state index >= 15 is 0 Å². The van der Waals surface area contributed by atoms with Crippen molar-refractivity contribution in [2.45, 2.75) is 46.5 Å². The van der Waals surface area contributed by atoms with Crippen LogP contribution in [0.4, 0.5) is 4.79 Å². The number of rotatable bonds is 7. The molecular formula is C13H24N4O2. The van der Waals surface area contributed by atoms with Crippen molar-refractivity contribution in [3.63, 3.8) is 0 Å². The quantitative estimate of drug-likeness (QED) is 0.742. The summed E-state index contributed by atoms with van der Waals surface area (Å²) in [5, 5.41) is 9.49. The molecule has 1 aromatic heterocycles. The van der Waals surface area contributed by atoms with E-state index in [1.807, 2.05) is 13.8 Å². The Hall–Kier alpha value is -1.59. The summed E-state index contributed by atoms with van der Waals surface area (Å²) in [6, 6.07) is -0.123. The molecule has 1 rings (SSSR count). The molecule has 1 aromatic rings. The molecule has 0 saturated carbocycles. The summed E-state index contributed by atoms with van der Waals surface area (Å²) in [6.45, 7) is 9.45. The molecule has 0 aromatic carbocycles. The number of carbonyl (C=O) groups excluding carboxylic acids is 1. The number of aryl methyl sites for hydroxylation is 1. The molecule has 6 nitrogen and oxygen atoms in total. The molecule has 0 atom stereocenters. The number of amides is 2. The molecule has 6 heteroatoms. The minimum atomic E-state index is -0.123. The zero-order valence-electron chi connectivity index (χ0n) is 12.2. The predicted octanol–water partition coefficient (Wildman–Crippen LogP) is 2.08. The zero-order chi connectivity index (χ0) is 14.3. The minimum Gasteiger partial charge on any atom is -0.339 e. The third-order valence-corrected chi connectivity index (χ3v) is 2.52. The fraction of sp³-hybridized carbons (Fsp3) is 0.769. The van der Waals surface area contributed by atoms with E-state index in [4.69, 9.17) is 4.52 Å². The number of aromatic nitrogens is 2. The SMILES string of the molecule is CC(C)CNC(=O)NCCCc1nc(C(C)C)no1. The van der Waals surface area contributed by atoms with Crippen LogP contribution in [0.25, 0.3) is 0 Å². The largest absolute Gasteiger partial charge is 0.339 e. The predicted molar refractivity (Wildman–Crippen MR) is 72.9 cm³/mol. The van der Waals surface area contributed by atoms with Crippen LogP contribution in [0.1, 0.15) is 51.7 Å². The Morgan fingerprint density at radius 2 is 2.00 bits per heavy atom. The number of carbonyl (C=O) groups is 1. The van der Waals surface area contributed by atoms with Crippen LogP contribution in [0, 0.1) is 5.92 Å². The molecule has 0 aliphatic rings. The van der Waals surface area contributed by atoms with Crippen molar-refractivity contribution in [3.8, 4) is 0 Å². The number of hydrogen-bond acceptors (Lipinski definition) is 4. The lowest BCUT2D eigenvalue weighted by Crippen LogP contribution is -2.37. The maximum absolute atomic E-state index is 11.4. The highest BCUT2D eigenvalue weighted by Crippen LogP contribution is 2.10. The highest BCUT2D eigenvalue weighted by atomic mass is 16.5. The molecule has 0 spiro atoms. The van der Waals surface area contributed by atoms with Crippen molar-refractivity contribution in [1.82, 2.24) is 20.8 Å². The van der Waals surface area contributed by atoms with Crippen LogP contribution in [0.5, 0.6) is 0 Å². The van der Waals surface area contributed by atoms with Crippen molar-refractivity contribution >= 4 is 6.03 Å². The van der Waals surface area contributed by atoms with Gasteiger partial charge in [-0.3, -0.25) is 0 Å². The Bertz CT molecular complexity index is 388. The topological polar surface area (TPSA) is 80.0 Å². The average molecular weight is 268 g/mol. The van der Waals surface area contributed by atoms with Gasteiger partial charge in [-0.1, -0.05) is 32.9 Å². The molecule has 0 aliphatic heterocycles. The van der Waals surface area contributed by atoms with Crippen LogP contribution in [-0.2, 0) is 6.42 Å². The van der Waals surface area contributed by atoms with Gasteiger partial charge in [0, 0.05) is 25.4 Å². The van der Waals surface area contributed by atoms with E-state index in [0.717, 1.165) is 12.2 Å². The summed E-state index contributed by atoms with van der Waals surface area (Å²) in [4.78, 5) is 15.7. The van der Waals surface area contributed by atoms with Gasteiger partial charge < -0.3 is 15.2 Å². The molecular weight excluding hydrogens is 244 g/mol. The van der Waals surface area contributed by atoms with Crippen molar-refractivity contribution in [1.29, 1.82) is 0 Å². The summed E-state index contributed by atoms with van der Waals surface area (Å²) in [5.74, 6) is 2.10. The molecule has 0 fully saturated rings. The molecule has 0 saturated heterocycles. The van der Waals surface area contributed by atoms with E-state index < -0.39 is 0 Å². The van der Waals surface area contributed by atoms with E-state index in [2.05, 4.69) is 34.6 Å². The molecule has 108 valence electrons. The molecule has 0 aliphatic carbocycles. The van der Waals surface area contributed by atoms with Crippen LogP contribution in [-0.4, -0.2) is 29.3 Å². The fourth-order valence-corrected chi connectivity index (χ4v) is 1.40. The first kappa shape index (κ1) is 15.5. The van der Waals surface area contributed by atoms with Gasteiger partial charge in [-0.05, 0) is 12.3 Å². The van der Waals surface area contributed by atoms with E-state index in [1.54, 1.807) is 0 Å². The maximum atomic E-state index is 11.4. The van der Waals surface area contributed by atoms with Crippen LogP contribution in [0.15, 0.2) is 4.52 Å². The van der Waals surface area contributed by atoms with Gasteiger partial charge in [0.25, 0.3) is 0 Å². The van der Waals surface area contributed by atoms with Crippen molar-refractivity contribution in [2.75, 3.05) is 13.1 Å². The molecule has 0 radical (unpaired) electrons. The normalized spacial score (nSPS) is 11.1. The lowest BCUT2D eigenvalue weighted by Gasteiger charge is -2.08. The van der Waals surface area contributed by atoms with Gasteiger partial charge in [-0.25, -0.2) is 4.79 Å². The van der Waals surface area contributed by atoms with Crippen LogP contribution < -0.4 is 10.6 Å². The first-order valence-electron chi connectivity index (χ1n) is 6.83. The minimum absolute atomic E-state index is 0.123. The Morgan fingerprint density at radius 3 is 2.58 bits per heavy atom. The Labute approximate surface area is 114 Å². The third kappa shape index (κ3) is 6.22. The number of urea groups is 1. The Kier molecular flexibility index (Phi) is 6.32. The standard InChI is InChI=1S/C13H24N4O2/c1-9(2)8-15-13(18)14-7-5-6-11-16-12(10(3)4)17-19-11/h9-10H,5-8H2,1-4H3,(H2,14,15,18). The van der Waals surface area contributed by atoms with Gasteiger partial charge >= 0.3 is 6.03 Å². The molecule has 0 unspecified atom stereocenters. The van der Waals surface area contributed by atoms with E-state index in [0.29, 0.717) is 31.3 Å². The second-order valence-electron chi connectivity index (χ2n) is 5.34. The van der Waals surface area contributed by atoms with Crippen molar-refractivity contribution in [3.05, 3.63) is 11.7 Å². The lowest BCUT2D eigenvalue weighted by molar-refractivity contribution is 0.239. The Morgan fingerprint density at radius 1 is 1.26 bits per heavy atom. The summed E-state index contributed by atoms with van der Waals surface area (Å²) in [5.41, 5.74) is 0. The first-order valence-corrected chi connectivity index (χ1v) is 6.83. The van der Waals surface area contributed by atoms with Crippen LogP contribution in [0.3, 0.4) is 0 Å². The summed E-state index contributed by atoms with van der Waals surface area (Å²) >= 11 is 0. The molecule has 19 heavy (non-hydrogen) atoms. The Balaban J connectivity index is 2.14. The maximum Gasteiger partial charge on any atom is 0.314 e. The van der Waals surface area contributed by atoms with E-state index in [9.17, 15) is 4.79 Å². The number of nitrogens with zero attached hydrogens (tertiary/aromatic N) is 2. The molecule has 2 amide bonds. The van der Waals surface area contributed by atoms with Gasteiger partial charge in [0.15, 0.2) is 5.82 Å². The monoisotopic (exact) mass is 268 g/mol.